The van der Waals surface area contributed by atoms with Crippen molar-refractivity contribution >= 4 is 6.03 Å². The third kappa shape index (κ3) is 2.78. The number of nitrogens with two attached hydrogens (primary N) is 1. The van der Waals surface area contributed by atoms with Crippen molar-refractivity contribution in [1.82, 2.24) is 5.32 Å². The summed E-state index contributed by atoms with van der Waals surface area (Å²) in [7, 11) is 0. The summed E-state index contributed by atoms with van der Waals surface area (Å²) in [6, 6.07) is -1.17. The number of amides is 2. The second-order valence-electron chi connectivity index (χ2n) is 3.26. The van der Waals surface area contributed by atoms with Crippen LogP contribution in [0.1, 0.15) is 19.3 Å². The molecule has 0 radical (unpaired) electrons. The molecule has 2 amide bonds. The number of urea groups is 1. The maximum absolute atomic E-state index is 12.1. The highest BCUT2D eigenvalue weighted by Gasteiger charge is 2.44. The predicted molar refractivity (Wildman–Crippen MR) is 39.9 cm³/mol. The molecule has 0 saturated heterocycles. The van der Waals surface area contributed by atoms with E-state index in [1.165, 1.54) is 0 Å². The molecule has 2 atom stereocenters. The summed E-state index contributed by atoms with van der Waals surface area (Å²) in [6.45, 7) is 0. The molecule has 13 heavy (non-hydrogen) atoms. The zero-order valence-corrected chi connectivity index (χ0v) is 6.90. The zero-order valence-electron chi connectivity index (χ0n) is 6.90. The number of nitrogens with one attached hydrogen (secondary N) is 1. The summed E-state index contributed by atoms with van der Waals surface area (Å²) >= 11 is 0. The molecule has 0 unspecified atom stereocenters. The van der Waals surface area contributed by atoms with Crippen molar-refractivity contribution in [3.63, 3.8) is 0 Å². The Hall–Kier alpha value is -0.940. The van der Waals surface area contributed by atoms with E-state index < -0.39 is 24.2 Å². The maximum atomic E-state index is 12.1. The van der Waals surface area contributed by atoms with Crippen LogP contribution in [0, 0.1) is 5.92 Å². The van der Waals surface area contributed by atoms with E-state index in [1.54, 1.807) is 0 Å². The number of carbonyl (C=O) groups is 1. The predicted octanol–water partition coefficient (Wildman–Crippen LogP) is 1.39. The van der Waals surface area contributed by atoms with Crippen LogP contribution in [0.4, 0.5) is 18.0 Å². The summed E-state index contributed by atoms with van der Waals surface area (Å²) in [5.41, 5.74) is 4.80. The normalized spacial score (nSPS) is 28.8. The van der Waals surface area contributed by atoms with Gasteiger partial charge < -0.3 is 11.1 Å². The van der Waals surface area contributed by atoms with Crippen LogP contribution in [-0.2, 0) is 0 Å². The van der Waals surface area contributed by atoms with Gasteiger partial charge in [0.1, 0.15) is 0 Å². The molecule has 0 heterocycles. The minimum Gasteiger partial charge on any atom is -0.352 e. The minimum atomic E-state index is -4.14. The largest absolute Gasteiger partial charge is 0.391 e. The topological polar surface area (TPSA) is 55.1 Å². The van der Waals surface area contributed by atoms with Gasteiger partial charge in [-0.2, -0.15) is 13.2 Å². The number of halogens is 3. The number of alkyl halides is 3. The van der Waals surface area contributed by atoms with Crippen molar-refractivity contribution in [2.24, 2.45) is 11.7 Å². The fraction of sp³-hybridized carbons (Fsp3) is 0.857. The second-order valence-corrected chi connectivity index (χ2v) is 3.26. The Morgan fingerprint density at radius 1 is 1.38 bits per heavy atom. The fourth-order valence-electron chi connectivity index (χ4n) is 1.61. The lowest BCUT2D eigenvalue weighted by Gasteiger charge is -2.14. The molecular formula is C7H11F3N2O. The number of rotatable bonds is 1. The Morgan fingerprint density at radius 2 is 2.00 bits per heavy atom. The summed E-state index contributed by atoms with van der Waals surface area (Å²) in [4.78, 5) is 10.3. The van der Waals surface area contributed by atoms with Crippen molar-refractivity contribution in [1.29, 1.82) is 0 Å². The first-order chi connectivity index (χ1) is 5.89. The van der Waals surface area contributed by atoms with Crippen molar-refractivity contribution in [3.8, 4) is 0 Å². The quantitative estimate of drug-likeness (QED) is 0.654. The van der Waals surface area contributed by atoms with E-state index in [0.29, 0.717) is 6.42 Å². The van der Waals surface area contributed by atoms with E-state index in [0.717, 1.165) is 0 Å². The number of carbonyl (C=O) groups excluding carboxylic acids is 1. The monoisotopic (exact) mass is 196 g/mol. The van der Waals surface area contributed by atoms with Gasteiger partial charge in [0, 0.05) is 6.04 Å². The Morgan fingerprint density at radius 3 is 2.38 bits per heavy atom. The van der Waals surface area contributed by atoms with Crippen molar-refractivity contribution in [3.05, 3.63) is 0 Å². The molecule has 3 nitrogen and oxygen atoms in total. The molecule has 1 rings (SSSR count). The Kier molecular flexibility index (Phi) is 2.68. The summed E-state index contributed by atoms with van der Waals surface area (Å²) in [5, 5.41) is 2.28. The Labute approximate surface area is 73.5 Å². The fourth-order valence-corrected chi connectivity index (χ4v) is 1.61. The van der Waals surface area contributed by atoms with Gasteiger partial charge in [0.05, 0.1) is 5.92 Å². The van der Waals surface area contributed by atoms with E-state index in [-0.39, 0.29) is 12.8 Å². The van der Waals surface area contributed by atoms with Gasteiger partial charge in [-0.05, 0) is 19.3 Å². The van der Waals surface area contributed by atoms with Crippen LogP contribution in [0.15, 0.2) is 0 Å². The maximum Gasteiger partial charge on any atom is 0.391 e. The first kappa shape index (κ1) is 10.1. The standard InChI is InChI=1S/C7H11F3N2O/c8-7(9,10)4-1-2-5(3-4)12-6(11)13/h4-5H,1-3H2,(H3,11,12,13)/t4-,5+/m1/s1. The number of hydrogen-bond donors (Lipinski definition) is 2. The highest BCUT2D eigenvalue weighted by atomic mass is 19.4. The van der Waals surface area contributed by atoms with Crippen LogP contribution < -0.4 is 11.1 Å². The van der Waals surface area contributed by atoms with Gasteiger partial charge in [-0.3, -0.25) is 0 Å². The Balaban J connectivity index is 2.41. The van der Waals surface area contributed by atoms with Gasteiger partial charge in [0.2, 0.25) is 0 Å². The van der Waals surface area contributed by atoms with Crippen LogP contribution in [-0.4, -0.2) is 18.2 Å². The number of primary amides is 1. The van der Waals surface area contributed by atoms with E-state index in [9.17, 15) is 18.0 Å². The van der Waals surface area contributed by atoms with Gasteiger partial charge in [0.15, 0.2) is 0 Å². The molecule has 1 aliphatic rings. The summed E-state index contributed by atoms with van der Waals surface area (Å²) in [5.74, 6) is -1.29. The lowest BCUT2D eigenvalue weighted by atomic mass is 10.1. The molecule has 1 fully saturated rings. The minimum absolute atomic E-state index is 0.0492. The van der Waals surface area contributed by atoms with Crippen LogP contribution in [0.5, 0.6) is 0 Å². The van der Waals surface area contributed by atoms with Gasteiger partial charge in [-0.1, -0.05) is 0 Å². The zero-order chi connectivity index (χ0) is 10.1. The molecule has 6 heteroatoms. The molecule has 0 aromatic heterocycles. The second kappa shape index (κ2) is 3.43. The van der Waals surface area contributed by atoms with Gasteiger partial charge >= 0.3 is 12.2 Å². The average molecular weight is 196 g/mol. The molecule has 3 N–H and O–H groups in total. The third-order valence-corrected chi connectivity index (χ3v) is 2.24. The SMILES string of the molecule is NC(=O)N[C@H]1CC[C@@H](C(F)(F)F)C1. The number of hydrogen-bond acceptors (Lipinski definition) is 1. The van der Waals surface area contributed by atoms with Crippen LogP contribution >= 0.6 is 0 Å². The van der Waals surface area contributed by atoms with Crippen molar-refractivity contribution < 1.29 is 18.0 Å². The first-order valence-corrected chi connectivity index (χ1v) is 4.02. The Bertz CT molecular complexity index is 204. The average Bonchev–Trinajstić information content (AvgIpc) is 2.32. The third-order valence-electron chi connectivity index (χ3n) is 2.24. The molecule has 0 aromatic carbocycles. The summed E-state index contributed by atoms with van der Waals surface area (Å²) in [6.07, 6.45) is -3.76. The van der Waals surface area contributed by atoms with E-state index >= 15 is 0 Å². The van der Waals surface area contributed by atoms with Gasteiger partial charge in [-0.25, -0.2) is 4.79 Å². The van der Waals surface area contributed by atoms with E-state index in [1.807, 2.05) is 0 Å². The lowest BCUT2D eigenvalue weighted by Crippen LogP contribution is -2.37. The van der Waals surface area contributed by atoms with Gasteiger partial charge in [-0.15, -0.1) is 0 Å². The molecule has 0 aromatic rings. The van der Waals surface area contributed by atoms with E-state index in [4.69, 9.17) is 5.73 Å². The van der Waals surface area contributed by atoms with Crippen molar-refractivity contribution in [2.45, 2.75) is 31.5 Å². The molecule has 0 bridgehead atoms. The van der Waals surface area contributed by atoms with Crippen LogP contribution in [0.25, 0.3) is 0 Å². The summed E-state index contributed by atoms with van der Waals surface area (Å²) < 4.78 is 36.4. The van der Waals surface area contributed by atoms with Crippen LogP contribution in [0.2, 0.25) is 0 Å². The molecule has 0 spiro atoms. The van der Waals surface area contributed by atoms with Gasteiger partial charge in [0.25, 0.3) is 0 Å². The van der Waals surface area contributed by atoms with Crippen molar-refractivity contribution in [2.75, 3.05) is 0 Å². The highest BCUT2D eigenvalue weighted by molar-refractivity contribution is 5.71. The lowest BCUT2D eigenvalue weighted by molar-refractivity contribution is -0.172. The smallest absolute Gasteiger partial charge is 0.352 e. The molecule has 1 aliphatic carbocycles. The molecule has 1 saturated carbocycles. The molecule has 76 valence electrons. The van der Waals surface area contributed by atoms with E-state index in [2.05, 4.69) is 5.32 Å². The first-order valence-electron chi connectivity index (χ1n) is 4.02. The van der Waals surface area contributed by atoms with Crippen LogP contribution in [0.3, 0.4) is 0 Å². The highest BCUT2D eigenvalue weighted by Crippen LogP contribution is 2.38. The molecular weight excluding hydrogens is 185 g/mol. The molecule has 0 aliphatic heterocycles.